The third kappa shape index (κ3) is 2.64. The zero-order valence-corrected chi connectivity index (χ0v) is 14.7. The van der Waals surface area contributed by atoms with Crippen LogP contribution in [0.3, 0.4) is 0 Å². The molecule has 0 aliphatic heterocycles. The molecule has 4 nitrogen and oxygen atoms in total. The topological polar surface area (TPSA) is 48.0 Å². The average molecular weight is 371 g/mol. The third-order valence-corrected chi connectivity index (χ3v) is 4.78. The number of hydrogen-bond acceptors (Lipinski definition) is 3. The summed E-state index contributed by atoms with van der Waals surface area (Å²) in [5, 5.41) is 6.19. The number of fused-ring (bicyclic) bond motifs is 1. The number of halogens is 2. The maximum atomic E-state index is 11.9. The van der Waals surface area contributed by atoms with Gasteiger partial charge in [-0.3, -0.25) is 0 Å². The zero-order chi connectivity index (χ0) is 17.6. The van der Waals surface area contributed by atoms with Crippen molar-refractivity contribution in [1.82, 2.24) is 9.78 Å². The first kappa shape index (κ1) is 15.9. The summed E-state index contributed by atoms with van der Waals surface area (Å²) in [7, 11) is 0. The summed E-state index contributed by atoms with van der Waals surface area (Å²) in [5.74, 6) is 0. The van der Waals surface area contributed by atoms with Gasteiger partial charge in [-0.05, 0) is 24.6 Å². The van der Waals surface area contributed by atoms with Crippen LogP contribution in [0, 0.1) is 6.92 Å². The fourth-order valence-electron chi connectivity index (χ4n) is 2.84. The van der Waals surface area contributed by atoms with Crippen LogP contribution in [0.5, 0.6) is 0 Å². The lowest BCUT2D eigenvalue weighted by atomic mass is 10.1. The smallest absolute Gasteiger partial charge is 0.337 e. The lowest BCUT2D eigenvalue weighted by molar-refractivity contribution is 0.535. The van der Waals surface area contributed by atoms with Crippen LogP contribution >= 0.6 is 23.2 Å². The Kier molecular flexibility index (Phi) is 3.86. The molecule has 0 radical (unpaired) electrons. The molecule has 0 unspecified atom stereocenters. The Balaban J connectivity index is 2.13. The second-order valence-electron chi connectivity index (χ2n) is 5.63. The van der Waals surface area contributed by atoms with E-state index in [-0.39, 0.29) is 0 Å². The molecule has 0 atom stereocenters. The maximum absolute atomic E-state index is 11.9. The first-order valence-electron chi connectivity index (χ1n) is 7.59. The molecule has 0 aliphatic carbocycles. The molecule has 6 heteroatoms. The molecule has 0 N–H and O–H groups in total. The van der Waals surface area contributed by atoms with Crippen molar-refractivity contribution in [2.45, 2.75) is 6.92 Å². The molecule has 0 saturated heterocycles. The van der Waals surface area contributed by atoms with E-state index in [1.807, 2.05) is 37.3 Å². The number of aryl methyl sites for hydroxylation is 1. The highest BCUT2D eigenvalue weighted by molar-refractivity contribution is 6.43. The molecular weight excluding hydrogens is 359 g/mol. The quantitative estimate of drug-likeness (QED) is 0.483. The summed E-state index contributed by atoms with van der Waals surface area (Å²) < 4.78 is 7.00. The molecule has 0 saturated carbocycles. The van der Waals surface area contributed by atoms with E-state index >= 15 is 0 Å². The normalized spacial score (nSPS) is 11.2. The second kappa shape index (κ2) is 6.06. The molecular formula is C19H12Cl2N2O2. The summed E-state index contributed by atoms with van der Waals surface area (Å²) in [4.78, 5) is 11.9. The third-order valence-electron chi connectivity index (χ3n) is 3.98. The molecule has 0 spiro atoms. The van der Waals surface area contributed by atoms with Crippen LogP contribution in [0.4, 0.5) is 0 Å². The molecule has 0 fully saturated rings. The van der Waals surface area contributed by atoms with Crippen LogP contribution in [0.2, 0.25) is 10.0 Å². The van der Waals surface area contributed by atoms with Crippen LogP contribution in [0.25, 0.3) is 28.0 Å². The Labute approximate surface area is 153 Å². The van der Waals surface area contributed by atoms with Gasteiger partial charge in [0.25, 0.3) is 0 Å². The SMILES string of the molecule is Cc1cc(=O)oc2c1c(-c1ccccc1)nn2-c1cccc(Cl)c1Cl. The molecule has 2 aromatic carbocycles. The van der Waals surface area contributed by atoms with E-state index in [2.05, 4.69) is 5.10 Å². The number of nitrogens with zero attached hydrogens (tertiary/aromatic N) is 2. The van der Waals surface area contributed by atoms with Gasteiger partial charge in [0.05, 0.1) is 21.1 Å². The summed E-state index contributed by atoms with van der Waals surface area (Å²) in [5.41, 5.74) is 2.87. The van der Waals surface area contributed by atoms with Gasteiger partial charge in [0.1, 0.15) is 5.69 Å². The van der Waals surface area contributed by atoms with Crippen LogP contribution in [-0.4, -0.2) is 9.78 Å². The van der Waals surface area contributed by atoms with Crippen molar-refractivity contribution in [2.24, 2.45) is 0 Å². The number of aromatic nitrogens is 2. The van der Waals surface area contributed by atoms with Crippen LogP contribution in [-0.2, 0) is 0 Å². The largest absolute Gasteiger partial charge is 0.403 e. The molecule has 2 aromatic heterocycles. The highest BCUT2D eigenvalue weighted by atomic mass is 35.5. The van der Waals surface area contributed by atoms with Crippen molar-refractivity contribution >= 4 is 34.3 Å². The lowest BCUT2D eigenvalue weighted by Crippen LogP contribution is -2.02. The van der Waals surface area contributed by atoms with Crippen molar-refractivity contribution in [2.75, 3.05) is 0 Å². The van der Waals surface area contributed by atoms with Crippen molar-refractivity contribution in [3.05, 3.63) is 80.6 Å². The molecule has 2 heterocycles. The maximum Gasteiger partial charge on any atom is 0.337 e. The van der Waals surface area contributed by atoms with Gasteiger partial charge in [0, 0.05) is 11.6 Å². The Hall–Kier alpha value is -2.56. The standard InChI is InChI=1S/C19H12Cl2N2O2/c1-11-10-15(24)25-19-16(11)18(12-6-3-2-4-7-12)22-23(19)14-9-5-8-13(20)17(14)21/h2-10H,1H3. The number of rotatable bonds is 2. The van der Waals surface area contributed by atoms with E-state index in [4.69, 9.17) is 27.6 Å². The van der Waals surface area contributed by atoms with E-state index in [0.717, 1.165) is 16.5 Å². The van der Waals surface area contributed by atoms with E-state index in [0.29, 0.717) is 27.1 Å². The fourth-order valence-corrected chi connectivity index (χ4v) is 3.22. The van der Waals surface area contributed by atoms with Crippen LogP contribution in [0.15, 0.2) is 63.8 Å². The molecule has 25 heavy (non-hydrogen) atoms. The van der Waals surface area contributed by atoms with Gasteiger partial charge in [-0.2, -0.15) is 9.78 Å². The molecule has 0 aliphatic rings. The van der Waals surface area contributed by atoms with Gasteiger partial charge in [-0.15, -0.1) is 0 Å². The van der Waals surface area contributed by atoms with E-state index in [9.17, 15) is 4.79 Å². The summed E-state index contributed by atoms with van der Waals surface area (Å²) in [6, 6.07) is 16.4. The zero-order valence-electron chi connectivity index (χ0n) is 13.2. The molecule has 4 aromatic rings. The van der Waals surface area contributed by atoms with Crippen LogP contribution < -0.4 is 5.63 Å². The second-order valence-corrected chi connectivity index (χ2v) is 6.41. The van der Waals surface area contributed by atoms with Crippen molar-refractivity contribution < 1.29 is 4.42 Å². The monoisotopic (exact) mass is 370 g/mol. The number of hydrogen-bond donors (Lipinski definition) is 0. The summed E-state index contributed by atoms with van der Waals surface area (Å²) >= 11 is 12.5. The van der Waals surface area contributed by atoms with Crippen molar-refractivity contribution in [1.29, 1.82) is 0 Å². The summed E-state index contributed by atoms with van der Waals surface area (Å²) in [6.07, 6.45) is 0. The fraction of sp³-hybridized carbons (Fsp3) is 0.0526. The highest BCUT2D eigenvalue weighted by Gasteiger charge is 2.20. The number of benzene rings is 2. The molecule has 4 rings (SSSR count). The van der Waals surface area contributed by atoms with Crippen LogP contribution in [0.1, 0.15) is 5.56 Å². The minimum atomic E-state index is -0.441. The summed E-state index contributed by atoms with van der Waals surface area (Å²) in [6.45, 7) is 1.86. The minimum Gasteiger partial charge on any atom is -0.403 e. The Morgan fingerprint density at radius 1 is 1.04 bits per heavy atom. The molecule has 124 valence electrons. The Morgan fingerprint density at radius 3 is 2.56 bits per heavy atom. The lowest BCUT2D eigenvalue weighted by Gasteiger charge is -2.06. The van der Waals surface area contributed by atoms with Crippen molar-refractivity contribution in [3.63, 3.8) is 0 Å². The van der Waals surface area contributed by atoms with Gasteiger partial charge in [0.2, 0.25) is 5.71 Å². The minimum absolute atomic E-state index is 0.341. The predicted octanol–water partition coefficient (Wildman–Crippen LogP) is 5.26. The van der Waals surface area contributed by atoms with E-state index in [1.54, 1.807) is 18.2 Å². The molecule has 0 bridgehead atoms. The van der Waals surface area contributed by atoms with Crippen molar-refractivity contribution in [3.8, 4) is 16.9 Å². The first-order chi connectivity index (χ1) is 12.1. The van der Waals surface area contributed by atoms with Gasteiger partial charge >= 0.3 is 5.63 Å². The Bertz CT molecular complexity index is 1150. The van der Waals surface area contributed by atoms with Gasteiger partial charge in [-0.25, -0.2) is 4.79 Å². The first-order valence-corrected chi connectivity index (χ1v) is 8.35. The van der Waals surface area contributed by atoms with Gasteiger partial charge < -0.3 is 4.42 Å². The van der Waals surface area contributed by atoms with E-state index < -0.39 is 5.63 Å². The molecule has 0 amide bonds. The predicted molar refractivity (Wildman–Crippen MR) is 99.8 cm³/mol. The average Bonchev–Trinajstić information content (AvgIpc) is 2.98. The highest BCUT2D eigenvalue weighted by Crippen LogP contribution is 2.34. The Morgan fingerprint density at radius 2 is 1.80 bits per heavy atom. The van der Waals surface area contributed by atoms with Gasteiger partial charge in [-0.1, -0.05) is 59.6 Å². The van der Waals surface area contributed by atoms with Gasteiger partial charge in [0.15, 0.2) is 0 Å². The van der Waals surface area contributed by atoms with E-state index in [1.165, 1.54) is 10.7 Å².